The molecule has 1 aliphatic carbocycles. The summed E-state index contributed by atoms with van der Waals surface area (Å²) < 4.78 is 5.17. The van der Waals surface area contributed by atoms with Gasteiger partial charge in [-0.3, -0.25) is 9.59 Å². The lowest BCUT2D eigenvalue weighted by atomic mass is 10.0. The Morgan fingerprint density at radius 3 is 2.50 bits per heavy atom. The van der Waals surface area contributed by atoms with Crippen molar-refractivity contribution in [2.75, 3.05) is 0 Å². The maximum absolute atomic E-state index is 11.2. The van der Waals surface area contributed by atoms with Gasteiger partial charge in [-0.1, -0.05) is 12.1 Å². The van der Waals surface area contributed by atoms with Crippen molar-refractivity contribution >= 4 is 11.8 Å². The van der Waals surface area contributed by atoms with Gasteiger partial charge in [-0.15, -0.1) is 0 Å². The van der Waals surface area contributed by atoms with Crippen LogP contribution in [0, 0.1) is 0 Å². The van der Waals surface area contributed by atoms with Gasteiger partial charge >= 0.3 is 5.97 Å². The summed E-state index contributed by atoms with van der Waals surface area (Å²) in [6.07, 6.45) is 1.41. The van der Waals surface area contributed by atoms with E-state index < -0.39 is 0 Å². The van der Waals surface area contributed by atoms with E-state index in [0.717, 1.165) is 24.0 Å². The number of esters is 1. The summed E-state index contributed by atoms with van der Waals surface area (Å²) in [5, 5.41) is 0. The smallest absolute Gasteiger partial charge is 0.302 e. The van der Waals surface area contributed by atoms with Crippen molar-refractivity contribution in [1.82, 2.24) is 0 Å². The van der Waals surface area contributed by atoms with E-state index in [2.05, 4.69) is 0 Å². The molecule has 0 heterocycles. The van der Waals surface area contributed by atoms with Crippen LogP contribution in [0.3, 0.4) is 0 Å². The zero-order valence-corrected chi connectivity index (χ0v) is 9.45. The van der Waals surface area contributed by atoms with E-state index in [-0.39, 0.29) is 17.9 Å². The second-order valence-corrected chi connectivity index (χ2v) is 4.18. The van der Waals surface area contributed by atoms with Crippen molar-refractivity contribution in [1.29, 1.82) is 0 Å². The third-order valence-electron chi connectivity index (χ3n) is 2.84. The fraction of sp³-hybridized carbons (Fsp3) is 0.385. The number of Topliss-reactive ketones (excluding diaryl/α,β-unsaturated/α-hetero) is 1. The number of hydrogen-bond acceptors (Lipinski definition) is 3. The number of benzene rings is 1. The minimum absolute atomic E-state index is 0.0605. The minimum atomic E-state index is -0.246. The van der Waals surface area contributed by atoms with Gasteiger partial charge in [0.2, 0.25) is 0 Å². The summed E-state index contributed by atoms with van der Waals surface area (Å²) >= 11 is 0. The maximum Gasteiger partial charge on any atom is 0.302 e. The molecule has 1 aromatic rings. The first-order valence-corrected chi connectivity index (χ1v) is 5.36. The highest BCUT2D eigenvalue weighted by molar-refractivity contribution is 5.94. The Kier molecular flexibility index (Phi) is 2.77. The molecule has 16 heavy (non-hydrogen) atoms. The molecule has 0 unspecified atom stereocenters. The number of carbonyl (C=O) groups is 2. The predicted octanol–water partition coefficient (Wildman–Crippen LogP) is 1.92. The van der Waals surface area contributed by atoms with Gasteiger partial charge in [0.25, 0.3) is 0 Å². The average Bonchev–Trinajstić information content (AvgIpc) is 2.56. The van der Waals surface area contributed by atoms with E-state index in [4.69, 9.17) is 4.74 Å². The van der Waals surface area contributed by atoms with Crippen LogP contribution in [-0.4, -0.2) is 17.9 Å². The molecule has 0 aliphatic heterocycles. The van der Waals surface area contributed by atoms with Crippen LogP contribution in [0.4, 0.5) is 0 Å². The molecule has 0 amide bonds. The SMILES string of the molecule is CC(=O)O[C@H]1Cc2ccc(C(C)=O)cc2C1. The van der Waals surface area contributed by atoms with E-state index in [1.165, 1.54) is 12.5 Å². The Morgan fingerprint density at radius 1 is 1.19 bits per heavy atom. The number of rotatable bonds is 2. The Bertz CT molecular complexity index is 448. The van der Waals surface area contributed by atoms with Crippen molar-refractivity contribution in [3.05, 3.63) is 34.9 Å². The number of ketones is 1. The van der Waals surface area contributed by atoms with Crippen molar-refractivity contribution in [3.63, 3.8) is 0 Å². The molecular formula is C13H14O3. The topological polar surface area (TPSA) is 43.4 Å². The zero-order valence-electron chi connectivity index (χ0n) is 9.45. The Balaban J connectivity index is 2.18. The first-order valence-electron chi connectivity index (χ1n) is 5.36. The summed E-state index contributed by atoms with van der Waals surface area (Å²) in [5.41, 5.74) is 3.03. The van der Waals surface area contributed by atoms with Gasteiger partial charge in [0.1, 0.15) is 6.10 Å². The molecule has 0 saturated heterocycles. The zero-order chi connectivity index (χ0) is 11.7. The lowest BCUT2D eigenvalue weighted by Crippen LogP contribution is -2.15. The van der Waals surface area contributed by atoms with E-state index in [1.807, 2.05) is 18.2 Å². The van der Waals surface area contributed by atoms with Crippen LogP contribution in [0.25, 0.3) is 0 Å². The molecule has 0 aromatic heterocycles. The molecule has 1 aliphatic rings. The van der Waals surface area contributed by atoms with Crippen LogP contribution in [0.1, 0.15) is 35.3 Å². The Labute approximate surface area is 94.4 Å². The third kappa shape index (κ3) is 2.13. The van der Waals surface area contributed by atoms with E-state index in [9.17, 15) is 9.59 Å². The summed E-state index contributed by atoms with van der Waals surface area (Å²) in [5.74, 6) is -0.177. The molecule has 2 rings (SSSR count). The first kappa shape index (κ1) is 10.9. The molecule has 1 atom stereocenters. The van der Waals surface area contributed by atoms with Crippen LogP contribution in [0.5, 0.6) is 0 Å². The summed E-state index contributed by atoms with van der Waals surface area (Å²) in [6, 6.07) is 5.69. The second-order valence-electron chi connectivity index (χ2n) is 4.18. The summed E-state index contributed by atoms with van der Waals surface area (Å²) in [6.45, 7) is 2.98. The normalized spacial score (nSPS) is 18.0. The van der Waals surface area contributed by atoms with E-state index in [0.29, 0.717) is 0 Å². The van der Waals surface area contributed by atoms with Crippen LogP contribution in [0.2, 0.25) is 0 Å². The van der Waals surface area contributed by atoms with Gasteiger partial charge in [-0.25, -0.2) is 0 Å². The van der Waals surface area contributed by atoms with Gasteiger partial charge in [0, 0.05) is 25.3 Å². The lowest BCUT2D eigenvalue weighted by Gasteiger charge is -2.08. The third-order valence-corrected chi connectivity index (χ3v) is 2.84. The highest BCUT2D eigenvalue weighted by atomic mass is 16.5. The molecule has 3 nitrogen and oxygen atoms in total. The molecule has 0 saturated carbocycles. The molecular weight excluding hydrogens is 204 g/mol. The fourth-order valence-electron chi connectivity index (χ4n) is 2.11. The van der Waals surface area contributed by atoms with E-state index >= 15 is 0 Å². The van der Waals surface area contributed by atoms with Crippen LogP contribution in [-0.2, 0) is 22.4 Å². The quantitative estimate of drug-likeness (QED) is 0.562. The number of ether oxygens (including phenoxy) is 1. The maximum atomic E-state index is 11.2. The van der Waals surface area contributed by atoms with Gasteiger partial charge in [0.05, 0.1) is 0 Å². The number of fused-ring (bicyclic) bond motifs is 1. The van der Waals surface area contributed by atoms with Gasteiger partial charge in [-0.2, -0.15) is 0 Å². The largest absolute Gasteiger partial charge is 0.462 e. The molecule has 0 fully saturated rings. The first-order chi connectivity index (χ1) is 7.56. The van der Waals surface area contributed by atoms with Gasteiger partial charge < -0.3 is 4.74 Å². The molecule has 3 heteroatoms. The molecule has 0 N–H and O–H groups in total. The number of hydrogen-bond donors (Lipinski definition) is 0. The van der Waals surface area contributed by atoms with Crippen LogP contribution < -0.4 is 0 Å². The van der Waals surface area contributed by atoms with E-state index in [1.54, 1.807) is 6.92 Å². The average molecular weight is 218 g/mol. The van der Waals surface area contributed by atoms with Crippen LogP contribution >= 0.6 is 0 Å². The standard InChI is InChI=1S/C13H14O3/c1-8(14)10-3-4-11-6-13(16-9(2)15)7-12(11)5-10/h3-5,13H,6-7H2,1-2H3/t13-/m0/s1. The minimum Gasteiger partial charge on any atom is -0.462 e. The highest BCUT2D eigenvalue weighted by Gasteiger charge is 2.24. The fourth-order valence-corrected chi connectivity index (χ4v) is 2.11. The molecule has 84 valence electrons. The van der Waals surface area contributed by atoms with Gasteiger partial charge in [-0.05, 0) is 24.1 Å². The molecule has 1 aromatic carbocycles. The molecule has 0 spiro atoms. The van der Waals surface area contributed by atoms with Crippen LogP contribution in [0.15, 0.2) is 18.2 Å². The van der Waals surface area contributed by atoms with Gasteiger partial charge in [0.15, 0.2) is 5.78 Å². The van der Waals surface area contributed by atoms with Crippen molar-refractivity contribution in [2.45, 2.75) is 32.8 Å². The Morgan fingerprint density at radius 2 is 1.88 bits per heavy atom. The summed E-state index contributed by atoms with van der Waals surface area (Å²) in [4.78, 5) is 22.1. The van der Waals surface area contributed by atoms with Crippen molar-refractivity contribution in [2.24, 2.45) is 0 Å². The second kappa shape index (κ2) is 4.08. The monoisotopic (exact) mass is 218 g/mol. The summed E-state index contributed by atoms with van der Waals surface area (Å²) in [7, 11) is 0. The molecule has 0 bridgehead atoms. The van der Waals surface area contributed by atoms with Crippen molar-refractivity contribution in [3.8, 4) is 0 Å². The predicted molar refractivity (Wildman–Crippen MR) is 59.4 cm³/mol. The molecule has 0 radical (unpaired) electrons. The van der Waals surface area contributed by atoms with Crippen molar-refractivity contribution < 1.29 is 14.3 Å². The number of carbonyl (C=O) groups excluding carboxylic acids is 2. The lowest BCUT2D eigenvalue weighted by molar-refractivity contribution is -0.145. The highest BCUT2D eigenvalue weighted by Crippen LogP contribution is 2.25. The Hall–Kier alpha value is -1.64.